The summed E-state index contributed by atoms with van der Waals surface area (Å²) in [6, 6.07) is 0. The van der Waals surface area contributed by atoms with Crippen molar-refractivity contribution < 1.29 is 14.6 Å². The molecule has 0 aromatic heterocycles. The highest BCUT2D eigenvalue weighted by Crippen LogP contribution is 2.40. The van der Waals surface area contributed by atoms with Gasteiger partial charge in [-0.05, 0) is 37.2 Å². The maximum atomic E-state index is 11.6. The van der Waals surface area contributed by atoms with Crippen molar-refractivity contribution in [2.24, 2.45) is 11.3 Å². The third-order valence-corrected chi connectivity index (χ3v) is 3.87. The number of alkyl halides is 1. The van der Waals surface area contributed by atoms with Gasteiger partial charge in [-0.3, -0.25) is 4.79 Å². The molecule has 4 nitrogen and oxygen atoms in total. The van der Waals surface area contributed by atoms with E-state index < -0.39 is 16.8 Å². The third kappa shape index (κ3) is 3.28. The van der Waals surface area contributed by atoms with Crippen LogP contribution >= 0.6 is 23.8 Å². The Hall–Kier alpha value is -1.07. The van der Waals surface area contributed by atoms with Crippen molar-refractivity contribution in [1.82, 2.24) is 5.32 Å². The number of halogens is 1. The summed E-state index contributed by atoms with van der Waals surface area (Å²) >= 11 is 11.2. The highest BCUT2D eigenvalue weighted by atomic mass is 35.5. The summed E-state index contributed by atoms with van der Waals surface area (Å²) in [6.45, 7) is 5.94. The van der Waals surface area contributed by atoms with Gasteiger partial charge in [0.2, 0.25) is 0 Å². The maximum Gasteiger partial charge on any atom is 0.315 e. The lowest BCUT2D eigenvalue weighted by Crippen LogP contribution is -2.44. The minimum Gasteiger partial charge on any atom is -0.481 e. The monoisotopic (exact) mass is 303 g/mol. The van der Waals surface area contributed by atoms with E-state index in [0.717, 1.165) is 0 Å². The minimum atomic E-state index is -1.15. The number of carboxylic acid groups (broad SMARTS) is 1. The lowest BCUT2D eigenvalue weighted by molar-refractivity contribution is -0.148. The average Bonchev–Trinajstić information content (AvgIpc) is 2.31. The van der Waals surface area contributed by atoms with Crippen molar-refractivity contribution in [1.29, 1.82) is 0 Å². The molecular formula is C13H18ClNO3S. The first-order chi connectivity index (χ1) is 8.84. The summed E-state index contributed by atoms with van der Waals surface area (Å²) in [4.78, 5) is 11.6. The van der Waals surface area contributed by atoms with Crippen LogP contribution in [0, 0.1) is 11.3 Å². The average molecular weight is 304 g/mol. The Labute approximate surface area is 123 Å². The Bertz CT molecular complexity index is 434. The number of hydrogen-bond donors (Lipinski definition) is 2. The topological polar surface area (TPSA) is 58.6 Å². The van der Waals surface area contributed by atoms with Crippen LogP contribution in [0.3, 0.4) is 0 Å². The lowest BCUT2D eigenvalue weighted by Gasteiger charge is -2.36. The van der Waals surface area contributed by atoms with Crippen LogP contribution in [0.2, 0.25) is 0 Å². The summed E-state index contributed by atoms with van der Waals surface area (Å²) in [5, 5.41) is 12.0. The van der Waals surface area contributed by atoms with E-state index in [4.69, 9.17) is 28.6 Å². The number of aliphatic carboxylic acids is 1. The van der Waals surface area contributed by atoms with Crippen LogP contribution in [0.25, 0.3) is 0 Å². The molecule has 0 bridgehead atoms. The molecule has 0 aromatic rings. The molecule has 1 aliphatic rings. The first-order valence-electron chi connectivity index (χ1n) is 6.06. The van der Waals surface area contributed by atoms with E-state index in [2.05, 4.69) is 5.32 Å². The van der Waals surface area contributed by atoms with Gasteiger partial charge in [0.1, 0.15) is 5.41 Å². The Morgan fingerprint density at radius 1 is 1.68 bits per heavy atom. The van der Waals surface area contributed by atoms with E-state index in [9.17, 15) is 9.90 Å². The van der Waals surface area contributed by atoms with Gasteiger partial charge in [0.25, 0.3) is 5.17 Å². The van der Waals surface area contributed by atoms with Gasteiger partial charge in [-0.1, -0.05) is 19.9 Å². The first kappa shape index (κ1) is 16.0. The third-order valence-electron chi connectivity index (χ3n) is 3.14. The first-order valence-corrected chi connectivity index (χ1v) is 6.91. The molecule has 0 spiro atoms. The highest BCUT2D eigenvalue weighted by molar-refractivity contribution is 7.80. The van der Waals surface area contributed by atoms with Gasteiger partial charge in [0.15, 0.2) is 0 Å². The molecule has 6 heteroatoms. The zero-order chi connectivity index (χ0) is 14.6. The molecule has 2 N–H and O–H groups in total. The van der Waals surface area contributed by atoms with Crippen molar-refractivity contribution in [2.75, 3.05) is 6.61 Å². The molecular weight excluding hydrogens is 286 g/mol. The number of carboxylic acids is 1. The normalized spacial score (nSPS) is 25.9. The molecule has 2 unspecified atom stereocenters. The molecule has 0 aliphatic heterocycles. The molecule has 1 aliphatic carbocycles. The van der Waals surface area contributed by atoms with Gasteiger partial charge in [-0.2, -0.15) is 0 Å². The van der Waals surface area contributed by atoms with Crippen LogP contribution in [-0.2, 0) is 9.53 Å². The van der Waals surface area contributed by atoms with Crippen LogP contribution in [0.15, 0.2) is 23.9 Å². The quantitative estimate of drug-likeness (QED) is 0.618. The van der Waals surface area contributed by atoms with Gasteiger partial charge in [-0.15, -0.1) is 11.6 Å². The standard InChI is InChI=1S/C13H18ClNO3S/c1-4-18-12(19)15-9-5-6-10(14)13(7-9,8(2)3)11(16)17/h5-8,10H,4H2,1-3H3,(H,15,19)(H,16,17). The lowest BCUT2D eigenvalue weighted by atomic mass is 9.71. The molecule has 0 fully saturated rings. The predicted molar refractivity (Wildman–Crippen MR) is 79.1 cm³/mol. The second kappa shape index (κ2) is 6.39. The predicted octanol–water partition coefficient (Wildman–Crippen LogP) is 2.69. The van der Waals surface area contributed by atoms with Crippen LogP contribution in [-0.4, -0.2) is 28.2 Å². The second-order valence-corrected chi connectivity index (χ2v) is 5.44. The van der Waals surface area contributed by atoms with E-state index in [0.29, 0.717) is 12.3 Å². The van der Waals surface area contributed by atoms with E-state index in [-0.39, 0.29) is 11.1 Å². The zero-order valence-electron chi connectivity index (χ0n) is 11.1. The molecule has 106 valence electrons. The van der Waals surface area contributed by atoms with Gasteiger partial charge in [0.05, 0.1) is 12.0 Å². The molecule has 1 rings (SSSR count). The van der Waals surface area contributed by atoms with E-state index in [1.165, 1.54) is 0 Å². The number of ether oxygens (including phenoxy) is 1. The molecule has 0 amide bonds. The van der Waals surface area contributed by atoms with Gasteiger partial charge in [-0.25, -0.2) is 0 Å². The summed E-state index contributed by atoms with van der Waals surface area (Å²) in [5.41, 5.74) is -0.563. The maximum absolute atomic E-state index is 11.6. The Morgan fingerprint density at radius 2 is 2.32 bits per heavy atom. The largest absolute Gasteiger partial charge is 0.481 e. The van der Waals surface area contributed by atoms with E-state index >= 15 is 0 Å². The molecule has 0 saturated heterocycles. The fourth-order valence-corrected chi connectivity index (χ4v) is 2.72. The molecule has 0 radical (unpaired) electrons. The minimum absolute atomic E-state index is 0.157. The van der Waals surface area contributed by atoms with Crippen LogP contribution in [0.1, 0.15) is 20.8 Å². The Balaban J connectivity index is 3.05. The molecule has 19 heavy (non-hydrogen) atoms. The second-order valence-electron chi connectivity index (χ2n) is 4.60. The molecule has 0 heterocycles. The number of carbonyl (C=O) groups is 1. The fraction of sp³-hybridized carbons (Fsp3) is 0.538. The van der Waals surface area contributed by atoms with Crippen molar-refractivity contribution in [2.45, 2.75) is 26.1 Å². The highest BCUT2D eigenvalue weighted by Gasteiger charge is 2.47. The molecule has 0 aromatic carbocycles. The summed E-state index contributed by atoms with van der Waals surface area (Å²) in [6.07, 6.45) is 4.99. The summed E-state index contributed by atoms with van der Waals surface area (Å²) in [5.74, 6) is -1.11. The van der Waals surface area contributed by atoms with Crippen LogP contribution in [0.5, 0.6) is 0 Å². The van der Waals surface area contributed by atoms with Crippen LogP contribution < -0.4 is 5.32 Å². The molecule has 2 atom stereocenters. The van der Waals surface area contributed by atoms with Crippen molar-refractivity contribution in [3.8, 4) is 0 Å². The molecule has 0 saturated carbocycles. The number of hydrogen-bond acceptors (Lipinski definition) is 3. The van der Waals surface area contributed by atoms with Crippen LogP contribution in [0.4, 0.5) is 0 Å². The number of rotatable bonds is 4. The van der Waals surface area contributed by atoms with Crippen molar-refractivity contribution in [3.63, 3.8) is 0 Å². The fourth-order valence-electron chi connectivity index (χ4n) is 2.01. The SMILES string of the molecule is CCOC(=S)NC1=CC(C(=O)O)(C(C)C)C(Cl)C=C1. The summed E-state index contributed by atoms with van der Waals surface area (Å²) in [7, 11) is 0. The Kier molecular flexibility index (Phi) is 5.38. The zero-order valence-corrected chi connectivity index (χ0v) is 12.7. The van der Waals surface area contributed by atoms with Gasteiger partial charge < -0.3 is 15.2 Å². The van der Waals surface area contributed by atoms with Crippen molar-refractivity contribution >= 4 is 35.0 Å². The summed E-state index contributed by atoms with van der Waals surface area (Å²) < 4.78 is 5.13. The van der Waals surface area contributed by atoms with Gasteiger partial charge in [0, 0.05) is 5.70 Å². The number of nitrogens with one attached hydrogen (secondary N) is 1. The number of thiocarbonyl (C=S) groups is 1. The number of allylic oxidation sites excluding steroid dienone is 2. The Morgan fingerprint density at radius 3 is 2.79 bits per heavy atom. The van der Waals surface area contributed by atoms with Crippen molar-refractivity contribution in [3.05, 3.63) is 23.9 Å². The smallest absolute Gasteiger partial charge is 0.315 e. The van der Waals surface area contributed by atoms with E-state index in [1.807, 2.05) is 20.8 Å². The van der Waals surface area contributed by atoms with Gasteiger partial charge >= 0.3 is 5.97 Å². The van der Waals surface area contributed by atoms with E-state index in [1.54, 1.807) is 18.2 Å².